The molecule has 2 aromatic carbocycles. The molecule has 2 rings (SSSR count). The minimum atomic E-state index is -0.475. The summed E-state index contributed by atoms with van der Waals surface area (Å²) in [6, 6.07) is 9.98. The second kappa shape index (κ2) is 6.44. The second-order valence-corrected chi connectivity index (χ2v) is 5.29. The Morgan fingerprint density at radius 3 is 2.60 bits per heavy atom. The van der Waals surface area contributed by atoms with Gasteiger partial charge < -0.3 is 10.5 Å². The minimum absolute atomic E-state index is 0.0592. The first-order valence-corrected chi connectivity index (χ1v) is 6.85. The van der Waals surface area contributed by atoms with Crippen LogP contribution in [0.1, 0.15) is 24.1 Å². The van der Waals surface area contributed by atoms with Crippen LogP contribution >= 0.6 is 23.2 Å². The monoisotopic (exact) mass is 313 g/mol. The summed E-state index contributed by atoms with van der Waals surface area (Å²) in [6.45, 7) is 1.93. The third-order valence-electron chi connectivity index (χ3n) is 2.90. The molecule has 0 aliphatic heterocycles. The zero-order valence-electron chi connectivity index (χ0n) is 10.9. The molecule has 0 saturated heterocycles. The Bertz CT molecular complexity index is 617. The van der Waals surface area contributed by atoms with Crippen LogP contribution in [0.3, 0.4) is 0 Å². The van der Waals surface area contributed by atoms with Crippen LogP contribution in [0.25, 0.3) is 0 Å². The van der Waals surface area contributed by atoms with Crippen molar-refractivity contribution in [3.8, 4) is 5.75 Å². The fourth-order valence-corrected chi connectivity index (χ4v) is 2.17. The largest absolute Gasteiger partial charge is 0.487 e. The van der Waals surface area contributed by atoms with E-state index in [0.29, 0.717) is 16.3 Å². The standard InChI is InChI=1S/C15H14Cl2FNO/c1-9(19)10-5-6-14(13(17)7-10)20-8-11-3-2-4-12(16)15(11)18/h2-7,9H,8,19H2,1H3/t9-/m0/s1. The van der Waals surface area contributed by atoms with Crippen molar-refractivity contribution in [2.24, 2.45) is 5.73 Å². The summed E-state index contributed by atoms with van der Waals surface area (Å²) < 4.78 is 19.2. The topological polar surface area (TPSA) is 35.2 Å². The van der Waals surface area contributed by atoms with E-state index in [9.17, 15) is 4.39 Å². The first-order valence-electron chi connectivity index (χ1n) is 6.09. The third-order valence-corrected chi connectivity index (χ3v) is 3.48. The number of hydrogen-bond acceptors (Lipinski definition) is 2. The van der Waals surface area contributed by atoms with E-state index < -0.39 is 5.82 Å². The van der Waals surface area contributed by atoms with Crippen molar-refractivity contribution >= 4 is 23.2 Å². The van der Waals surface area contributed by atoms with Gasteiger partial charge in [-0.3, -0.25) is 0 Å². The molecule has 0 aromatic heterocycles. The molecule has 0 saturated carbocycles. The minimum Gasteiger partial charge on any atom is -0.487 e. The number of nitrogens with two attached hydrogens (primary N) is 1. The molecule has 0 aliphatic carbocycles. The maximum Gasteiger partial charge on any atom is 0.148 e. The Morgan fingerprint density at radius 1 is 1.20 bits per heavy atom. The summed E-state index contributed by atoms with van der Waals surface area (Å²) in [5.41, 5.74) is 7.06. The lowest BCUT2D eigenvalue weighted by molar-refractivity contribution is 0.300. The van der Waals surface area contributed by atoms with Gasteiger partial charge >= 0.3 is 0 Å². The zero-order valence-corrected chi connectivity index (χ0v) is 12.4. The quantitative estimate of drug-likeness (QED) is 0.885. The van der Waals surface area contributed by atoms with Crippen molar-refractivity contribution < 1.29 is 9.13 Å². The lowest BCUT2D eigenvalue weighted by atomic mass is 10.1. The summed E-state index contributed by atoms with van der Waals surface area (Å²) in [5.74, 6) is 0.00734. The van der Waals surface area contributed by atoms with Crippen LogP contribution in [-0.4, -0.2) is 0 Å². The zero-order chi connectivity index (χ0) is 14.7. The van der Waals surface area contributed by atoms with Crippen molar-refractivity contribution in [3.05, 3.63) is 63.4 Å². The Labute approximate surface area is 127 Å². The Kier molecular flexibility index (Phi) is 4.86. The van der Waals surface area contributed by atoms with Gasteiger partial charge in [0.05, 0.1) is 10.0 Å². The van der Waals surface area contributed by atoms with E-state index in [2.05, 4.69) is 0 Å². The summed E-state index contributed by atoms with van der Waals surface area (Å²) in [5, 5.41) is 0.520. The van der Waals surface area contributed by atoms with Crippen molar-refractivity contribution in [2.45, 2.75) is 19.6 Å². The predicted molar refractivity (Wildman–Crippen MR) is 79.8 cm³/mol. The maximum atomic E-state index is 13.7. The maximum absolute atomic E-state index is 13.7. The molecular weight excluding hydrogens is 300 g/mol. The molecule has 5 heteroatoms. The highest BCUT2D eigenvalue weighted by Gasteiger charge is 2.09. The van der Waals surface area contributed by atoms with Crippen molar-refractivity contribution in [3.63, 3.8) is 0 Å². The highest BCUT2D eigenvalue weighted by molar-refractivity contribution is 6.32. The first kappa shape index (κ1) is 15.1. The number of ether oxygens (including phenoxy) is 1. The summed E-state index contributed by atoms with van der Waals surface area (Å²) >= 11 is 11.8. The molecule has 20 heavy (non-hydrogen) atoms. The second-order valence-electron chi connectivity index (χ2n) is 4.48. The molecular formula is C15H14Cl2FNO. The molecule has 2 aromatic rings. The molecule has 106 valence electrons. The number of rotatable bonds is 4. The molecule has 0 heterocycles. The highest BCUT2D eigenvalue weighted by atomic mass is 35.5. The Balaban J connectivity index is 2.13. The van der Waals surface area contributed by atoms with Gasteiger partial charge in [-0.15, -0.1) is 0 Å². The molecule has 2 N–H and O–H groups in total. The smallest absolute Gasteiger partial charge is 0.148 e. The summed E-state index contributed by atoms with van der Waals surface area (Å²) in [7, 11) is 0. The van der Waals surface area contributed by atoms with Gasteiger partial charge in [0.2, 0.25) is 0 Å². The molecule has 2 nitrogen and oxygen atoms in total. The summed E-state index contributed by atoms with van der Waals surface area (Å²) in [6.07, 6.45) is 0. The van der Waals surface area contributed by atoms with Crippen LogP contribution in [0.5, 0.6) is 5.75 Å². The molecule has 0 radical (unpaired) electrons. The molecule has 0 aliphatic rings. The summed E-state index contributed by atoms with van der Waals surface area (Å²) in [4.78, 5) is 0. The van der Waals surface area contributed by atoms with Gasteiger partial charge in [-0.05, 0) is 30.7 Å². The van der Waals surface area contributed by atoms with E-state index in [1.165, 1.54) is 6.07 Å². The van der Waals surface area contributed by atoms with Gasteiger partial charge in [0.15, 0.2) is 0 Å². The average Bonchev–Trinajstić information content (AvgIpc) is 2.41. The lowest BCUT2D eigenvalue weighted by Gasteiger charge is -2.12. The van der Waals surface area contributed by atoms with Gasteiger partial charge in [-0.25, -0.2) is 4.39 Å². The highest BCUT2D eigenvalue weighted by Crippen LogP contribution is 2.28. The van der Waals surface area contributed by atoms with Crippen molar-refractivity contribution in [1.29, 1.82) is 0 Å². The van der Waals surface area contributed by atoms with Crippen molar-refractivity contribution in [2.75, 3.05) is 0 Å². The van der Waals surface area contributed by atoms with Gasteiger partial charge in [-0.1, -0.05) is 41.4 Å². The fraction of sp³-hybridized carbons (Fsp3) is 0.200. The van der Waals surface area contributed by atoms with Gasteiger partial charge in [0.1, 0.15) is 18.2 Å². The lowest BCUT2D eigenvalue weighted by Crippen LogP contribution is -2.05. The van der Waals surface area contributed by atoms with Crippen molar-refractivity contribution in [1.82, 2.24) is 0 Å². The first-order chi connectivity index (χ1) is 9.49. The Morgan fingerprint density at radius 2 is 1.95 bits per heavy atom. The number of hydrogen-bond donors (Lipinski definition) is 1. The average molecular weight is 314 g/mol. The van der Waals surface area contributed by atoms with Gasteiger partial charge in [0.25, 0.3) is 0 Å². The molecule has 0 fully saturated rings. The molecule has 0 bridgehead atoms. The van der Waals surface area contributed by atoms with Crippen LogP contribution in [0, 0.1) is 5.82 Å². The molecule has 0 unspecified atom stereocenters. The van der Waals surface area contributed by atoms with E-state index >= 15 is 0 Å². The Hall–Kier alpha value is -1.29. The van der Waals surface area contributed by atoms with Gasteiger partial charge in [-0.2, -0.15) is 0 Å². The fourth-order valence-electron chi connectivity index (χ4n) is 1.73. The number of halogens is 3. The van der Waals surface area contributed by atoms with Crippen LogP contribution in [0.15, 0.2) is 36.4 Å². The van der Waals surface area contributed by atoms with E-state index in [0.717, 1.165) is 5.56 Å². The molecule has 1 atom stereocenters. The van der Waals surface area contributed by atoms with Crippen LogP contribution in [0.4, 0.5) is 4.39 Å². The van der Waals surface area contributed by atoms with E-state index in [1.54, 1.807) is 24.3 Å². The van der Waals surface area contributed by atoms with Crippen LogP contribution < -0.4 is 10.5 Å². The number of benzene rings is 2. The van der Waals surface area contributed by atoms with Gasteiger partial charge in [0, 0.05) is 11.6 Å². The third kappa shape index (κ3) is 3.42. The van der Waals surface area contributed by atoms with E-state index in [1.807, 2.05) is 13.0 Å². The SMILES string of the molecule is C[C@H](N)c1ccc(OCc2cccc(Cl)c2F)c(Cl)c1. The van der Waals surface area contributed by atoms with Crippen LogP contribution in [-0.2, 0) is 6.61 Å². The molecule has 0 amide bonds. The molecule has 0 spiro atoms. The van der Waals surface area contributed by atoms with Crippen LogP contribution in [0.2, 0.25) is 10.0 Å². The van der Waals surface area contributed by atoms with E-state index in [-0.39, 0.29) is 17.7 Å². The normalized spacial score (nSPS) is 12.2. The predicted octanol–water partition coefficient (Wildman–Crippen LogP) is 4.73. The van der Waals surface area contributed by atoms with E-state index in [4.69, 9.17) is 33.7 Å².